The standard InChI is InChI=1S/C22H31N4O7P/c1-14(2)20(25-34(31,32)33-13-23-15(3)27)21(28)24-18(22(29)30)12-16-7-9-17(10-8-16)19-6-5-11-26(19)4/h5-11,14,18,20H,12-13H2,1-4H3,(H,23,27)(H,24,28)(H,29,30)(H2,25,31,32)/t18-,20-/m0/s1. The van der Waals surface area contributed by atoms with Gasteiger partial charge in [0.2, 0.25) is 11.8 Å². The SMILES string of the molecule is CC(=O)NCOP(=O)(O)N[C@H](C(=O)N[C@@H](Cc1ccc(-c2cccn2C)cc1)C(=O)O)C(C)C. The van der Waals surface area contributed by atoms with Gasteiger partial charge in [-0.3, -0.25) is 14.1 Å². The number of aryl methyl sites for hydroxylation is 1. The second kappa shape index (κ2) is 11.9. The molecule has 0 spiro atoms. The molecule has 0 aliphatic carbocycles. The third-order valence-electron chi connectivity index (χ3n) is 5.06. The van der Waals surface area contributed by atoms with Crippen molar-refractivity contribution in [1.82, 2.24) is 20.3 Å². The second-order valence-electron chi connectivity index (χ2n) is 8.18. The third-order valence-corrected chi connectivity index (χ3v) is 6.14. The summed E-state index contributed by atoms with van der Waals surface area (Å²) in [5.74, 6) is -2.93. The highest BCUT2D eigenvalue weighted by Crippen LogP contribution is 2.37. The number of nitrogens with one attached hydrogen (secondary N) is 3. The van der Waals surface area contributed by atoms with E-state index in [0.29, 0.717) is 5.56 Å². The van der Waals surface area contributed by atoms with E-state index in [1.54, 1.807) is 26.0 Å². The quantitative estimate of drug-likeness (QED) is 0.220. The van der Waals surface area contributed by atoms with Crippen LogP contribution in [0.5, 0.6) is 0 Å². The van der Waals surface area contributed by atoms with Crippen molar-refractivity contribution < 1.29 is 33.5 Å². The molecule has 0 aliphatic rings. The van der Waals surface area contributed by atoms with Crippen LogP contribution in [0, 0.1) is 5.92 Å². The van der Waals surface area contributed by atoms with E-state index < -0.39 is 50.3 Å². The van der Waals surface area contributed by atoms with Gasteiger partial charge in [0, 0.05) is 32.3 Å². The van der Waals surface area contributed by atoms with Gasteiger partial charge in [0.15, 0.2) is 0 Å². The predicted molar refractivity (Wildman–Crippen MR) is 125 cm³/mol. The molecule has 0 bridgehead atoms. The van der Waals surface area contributed by atoms with Crippen LogP contribution < -0.4 is 15.7 Å². The van der Waals surface area contributed by atoms with E-state index in [2.05, 4.69) is 15.7 Å². The molecule has 2 rings (SSSR count). The number of aliphatic carboxylic acids is 1. The summed E-state index contributed by atoms with van der Waals surface area (Å²) in [5, 5.41) is 16.5. The lowest BCUT2D eigenvalue weighted by atomic mass is 10.0. The first-order valence-electron chi connectivity index (χ1n) is 10.6. The fraction of sp³-hybridized carbons (Fsp3) is 0.409. The monoisotopic (exact) mass is 494 g/mol. The molecule has 0 saturated heterocycles. The Kier molecular flexibility index (Phi) is 9.57. The summed E-state index contributed by atoms with van der Waals surface area (Å²) >= 11 is 0. The van der Waals surface area contributed by atoms with E-state index in [1.807, 2.05) is 42.1 Å². The van der Waals surface area contributed by atoms with Crippen LogP contribution in [0.4, 0.5) is 0 Å². The summed E-state index contributed by atoms with van der Waals surface area (Å²) in [6.45, 7) is 3.94. The van der Waals surface area contributed by atoms with Crippen LogP contribution in [0.15, 0.2) is 42.6 Å². The maximum atomic E-state index is 12.8. The van der Waals surface area contributed by atoms with Crippen LogP contribution in [0.3, 0.4) is 0 Å². The summed E-state index contributed by atoms with van der Waals surface area (Å²) < 4.78 is 19.0. The van der Waals surface area contributed by atoms with E-state index in [1.165, 1.54) is 6.92 Å². The van der Waals surface area contributed by atoms with E-state index >= 15 is 0 Å². The predicted octanol–water partition coefficient (Wildman–Crippen LogP) is 1.63. The number of hydrogen-bond donors (Lipinski definition) is 5. The Bertz CT molecular complexity index is 1050. The first-order valence-corrected chi connectivity index (χ1v) is 12.2. The highest BCUT2D eigenvalue weighted by molar-refractivity contribution is 7.50. The van der Waals surface area contributed by atoms with Gasteiger partial charge < -0.3 is 25.2 Å². The Morgan fingerprint density at radius 3 is 2.29 bits per heavy atom. The number of hydrogen-bond acceptors (Lipinski definition) is 5. The maximum absolute atomic E-state index is 12.8. The normalized spacial score (nSPS) is 14.8. The molecule has 12 heteroatoms. The Morgan fingerprint density at radius 1 is 1.15 bits per heavy atom. The third kappa shape index (κ3) is 8.11. The average Bonchev–Trinajstić information content (AvgIpc) is 3.17. The van der Waals surface area contributed by atoms with Gasteiger partial charge in [-0.05, 0) is 29.2 Å². The fourth-order valence-corrected chi connectivity index (χ4v) is 4.30. The number of rotatable bonds is 12. The van der Waals surface area contributed by atoms with Gasteiger partial charge in [0.25, 0.3) is 0 Å². The molecule has 0 radical (unpaired) electrons. The first-order chi connectivity index (χ1) is 15.9. The number of carbonyl (C=O) groups is 3. The van der Waals surface area contributed by atoms with Crippen molar-refractivity contribution in [3.05, 3.63) is 48.2 Å². The van der Waals surface area contributed by atoms with Crippen molar-refractivity contribution in [3.63, 3.8) is 0 Å². The number of benzene rings is 1. The molecular weight excluding hydrogens is 463 g/mol. The molecule has 34 heavy (non-hydrogen) atoms. The van der Waals surface area contributed by atoms with Crippen molar-refractivity contribution in [2.24, 2.45) is 13.0 Å². The number of carboxylic acid groups (broad SMARTS) is 1. The lowest BCUT2D eigenvalue weighted by Gasteiger charge is -2.26. The average molecular weight is 494 g/mol. The minimum atomic E-state index is -4.45. The van der Waals surface area contributed by atoms with Gasteiger partial charge in [0.05, 0.1) is 6.04 Å². The maximum Gasteiger partial charge on any atom is 0.405 e. The van der Waals surface area contributed by atoms with E-state index in [0.717, 1.165) is 11.3 Å². The largest absolute Gasteiger partial charge is 0.480 e. The molecule has 5 N–H and O–H groups in total. The van der Waals surface area contributed by atoms with Crippen LogP contribution in [0.2, 0.25) is 0 Å². The summed E-state index contributed by atoms with van der Waals surface area (Å²) in [7, 11) is -2.53. The minimum absolute atomic E-state index is 0.0229. The minimum Gasteiger partial charge on any atom is -0.480 e. The number of carbonyl (C=O) groups excluding carboxylic acids is 2. The zero-order valence-electron chi connectivity index (χ0n) is 19.5. The van der Waals surface area contributed by atoms with Gasteiger partial charge >= 0.3 is 13.7 Å². The van der Waals surface area contributed by atoms with Crippen LogP contribution >= 0.6 is 7.75 Å². The van der Waals surface area contributed by atoms with Crippen molar-refractivity contribution in [2.75, 3.05) is 6.73 Å². The second-order valence-corrected chi connectivity index (χ2v) is 9.74. The molecule has 1 heterocycles. The lowest BCUT2D eigenvalue weighted by molar-refractivity contribution is -0.142. The molecule has 0 aliphatic heterocycles. The number of aromatic nitrogens is 1. The Labute approximate surface area is 198 Å². The van der Waals surface area contributed by atoms with Crippen molar-refractivity contribution in [3.8, 4) is 11.3 Å². The van der Waals surface area contributed by atoms with Gasteiger partial charge in [-0.25, -0.2) is 14.4 Å². The zero-order chi connectivity index (χ0) is 25.5. The smallest absolute Gasteiger partial charge is 0.405 e. The highest BCUT2D eigenvalue weighted by atomic mass is 31.2. The van der Waals surface area contributed by atoms with Gasteiger partial charge in [0.1, 0.15) is 12.8 Å². The molecule has 2 aromatic rings. The van der Waals surface area contributed by atoms with Gasteiger partial charge in [-0.2, -0.15) is 0 Å². The molecule has 3 atom stereocenters. The Balaban J connectivity index is 2.06. The molecule has 186 valence electrons. The molecule has 1 unspecified atom stereocenters. The van der Waals surface area contributed by atoms with Crippen LogP contribution in [0.25, 0.3) is 11.3 Å². The van der Waals surface area contributed by atoms with E-state index in [4.69, 9.17) is 4.52 Å². The zero-order valence-corrected chi connectivity index (χ0v) is 20.4. The molecule has 0 fully saturated rings. The fourth-order valence-electron chi connectivity index (χ4n) is 3.21. The number of amides is 2. The summed E-state index contributed by atoms with van der Waals surface area (Å²) in [4.78, 5) is 45.5. The lowest BCUT2D eigenvalue weighted by Crippen LogP contribution is -2.52. The van der Waals surface area contributed by atoms with E-state index in [9.17, 15) is 28.9 Å². The van der Waals surface area contributed by atoms with E-state index in [-0.39, 0.29) is 6.42 Å². The first kappa shape index (κ1) is 27.3. The molecule has 11 nitrogen and oxygen atoms in total. The molecule has 1 aromatic carbocycles. The summed E-state index contributed by atoms with van der Waals surface area (Å²) in [5.41, 5.74) is 2.68. The van der Waals surface area contributed by atoms with Crippen molar-refractivity contribution in [2.45, 2.75) is 39.3 Å². The van der Waals surface area contributed by atoms with Crippen molar-refractivity contribution >= 4 is 25.5 Å². The topological polar surface area (TPSA) is 159 Å². The molecule has 1 aromatic heterocycles. The van der Waals surface area contributed by atoms with Crippen LogP contribution in [-0.2, 0) is 36.9 Å². The van der Waals surface area contributed by atoms with Crippen LogP contribution in [0.1, 0.15) is 26.3 Å². The van der Waals surface area contributed by atoms with Gasteiger partial charge in [-0.15, -0.1) is 0 Å². The highest BCUT2D eigenvalue weighted by Gasteiger charge is 2.33. The number of carboxylic acids is 1. The molecule has 2 amide bonds. The summed E-state index contributed by atoms with van der Waals surface area (Å²) in [6.07, 6.45) is 1.95. The molecular formula is C22H31N4O7P. The van der Waals surface area contributed by atoms with Crippen molar-refractivity contribution in [1.29, 1.82) is 0 Å². The number of nitrogens with zero attached hydrogens (tertiary/aromatic N) is 1. The van der Waals surface area contributed by atoms with Crippen LogP contribution in [-0.4, -0.2) is 51.2 Å². The summed E-state index contributed by atoms with van der Waals surface area (Å²) in [6, 6.07) is 8.75. The Hall–Kier alpha value is -2.98. The molecule has 0 saturated carbocycles. The van der Waals surface area contributed by atoms with Gasteiger partial charge in [-0.1, -0.05) is 38.1 Å². The Morgan fingerprint density at radius 2 is 1.79 bits per heavy atom.